The van der Waals surface area contributed by atoms with Crippen molar-refractivity contribution in [1.29, 1.82) is 0 Å². The van der Waals surface area contributed by atoms with Crippen LogP contribution in [-0.4, -0.2) is 36.8 Å². The van der Waals surface area contributed by atoms with E-state index >= 15 is 0 Å². The van der Waals surface area contributed by atoms with E-state index in [1.54, 1.807) is 0 Å². The Bertz CT molecular complexity index is 119. The number of nitrogens with one attached hydrogen (secondary N) is 1. The average molecular weight is 173 g/mol. The van der Waals surface area contributed by atoms with Gasteiger partial charge in [-0.05, 0) is 18.6 Å². The lowest BCUT2D eigenvalue weighted by atomic mass is 10.1. The van der Waals surface area contributed by atoms with Gasteiger partial charge in [-0.2, -0.15) is 11.8 Å². The van der Waals surface area contributed by atoms with Crippen LogP contribution in [0.25, 0.3) is 0 Å². The summed E-state index contributed by atoms with van der Waals surface area (Å²) < 4.78 is 5.68. The summed E-state index contributed by atoms with van der Waals surface area (Å²) in [5.41, 5.74) is 0. The Hall–Kier alpha value is 0.270. The Labute approximate surface area is 72.1 Å². The van der Waals surface area contributed by atoms with Crippen molar-refractivity contribution < 1.29 is 4.74 Å². The fourth-order valence-electron chi connectivity index (χ4n) is 1.72. The molecular formula is C8H15NOS. The van der Waals surface area contributed by atoms with Crippen molar-refractivity contribution in [1.82, 2.24) is 5.32 Å². The lowest BCUT2D eigenvalue weighted by molar-refractivity contribution is 0.0273. The maximum Gasteiger partial charge on any atom is 0.0818 e. The van der Waals surface area contributed by atoms with Crippen molar-refractivity contribution in [2.24, 2.45) is 0 Å². The number of rotatable bonds is 1. The Balaban J connectivity index is 1.82. The van der Waals surface area contributed by atoms with E-state index in [4.69, 9.17) is 4.74 Å². The molecule has 11 heavy (non-hydrogen) atoms. The van der Waals surface area contributed by atoms with Gasteiger partial charge in [0.15, 0.2) is 0 Å². The highest BCUT2D eigenvalue weighted by Gasteiger charge is 2.27. The maximum atomic E-state index is 5.68. The van der Waals surface area contributed by atoms with Gasteiger partial charge in [0.2, 0.25) is 0 Å². The minimum atomic E-state index is 0.497. The summed E-state index contributed by atoms with van der Waals surface area (Å²) in [6.07, 6.45) is 3.24. The van der Waals surface area contributed by atoms with Crippen molar-refractivity contribution in [2.45, 2.75) is 24.2 Å². The number of hydrogen-bond acceptors (Lipinski definition) is 3. The van der Waals surface area contributed by atoms with Gasteiger partial charge in [-0.3, -0.25) is 0 Å². The van der Waals surface area contributed by atoms with Crippen molar-refractivity contribution in [3.05, 3.63) is 0 Å². The smallest absolute Gasteiger partial charge is 0.0818 e. The topological polar surface area (TPSA) is 21.3 Å². The second-order valence-corrected chi connectivity index (χ2v) is 4.51. The Kier molecular flexibility index (Phi) is 2.72. The fraction of sp³-hybridized carbons (Fsp3) is 1.00. The minimum Gasteiger partial charge on any atom is -0.374 e. The van der Waals surface area contributed by atoms with Crippen LogP contribution in [-0.2, 0) is 4.74 Å². The van der Waals surface area contributed by atoms with E-state index in [1.807, 2.05) is 0 Å². The first-order valence-corrected chi connectivity index (χ1v) is 5.45. The third-order valence-electron chi connectivity index (χ3n) is 2.34. The molecule has 0 amide bonds. The largest absolute Gasteiger partial charge is 0.374 e. The molecule has 0 aromatic heterocycles. The molecule has 2 heterocycles. The molecule has 2 nitrogen and oxygen atoms in total. The molecule has 0 saturated carbocycles. The molecule has 2 aliphatic rings. The van der Waals surface area contributed by atoms with E-state index in [1.165, 1.54) is 18.6 Å². The van der Waals surface area contributed by atoms with Crippen LogP contribution < -0.4 is 5.32 Å². The summed E-state index contributed by atoms with van der Waals surface area (Å²) in [4.78, 5) is 0. The maximum absolute atomic E-state index is 5.68. The summed E-state index contributed by atoms with van der Waals surface area (Å²) in [5, 5.41) is 4.15. The molecule has 0 spiro atoms. The molecule has 0 aromatic carbocycles. The first-order chi connectivity index (χ1) is 5.47. The SMILES string of the molecule is C1CSC(C2CNCCO2)C1. The standard InChI is InChI=1S/C8H15NOS/c1-2-8(11-5-1)7-6-9-3-4-10-7/h7-9H,1-6H2. The lowest BCUT2D eigenvalue weighted by Gasteiger charge is -2.27. The third kappa shape index (κ3) is 1.89. The van der Waals surface area contributed by atoms with E-state index < -0.39 is 0 Å². The molecule has 1 N–H and O–H groups in total. The Morgan fingerprint density at radius 2 is 2.45 bits per heavy atom. The second-order valence-electron chi connectivity index (χ2n) is 3.16. The van der Waals surface area contributed by atoms with Crippen LogP contribution in [0.3, 0.4) is 0 Å². The normalized spacial score (nSPS) is 39.3. The Morgan fingerprint density at radius 1 is 1.45 bits per heavy atom. The van der Waals surface area contributed by atoms with Gasteiger partial charge in [0.1, 0.15) is 0 Å². The lowest BCUT2D eigenvalue weighted by Crippen LogP contribution is -2.43. The molecule has 0 bridgehead atoms. The summed E-state index contributed by atoms with van der Waals surface area (Å²) in [6.45, 7) is 3.01. The average Bonchev–Trinajstić information content (AvgIpc) is 2.58. The quantitative estimate of drug-likeness (QED) is 0.636. The molecule has 0 aliphatic carbocycles. The molecule has 2 unspecified atom stereocenters. The minimum absolute atomic E-state index is 0.497. The highest BCUT2D eigenvalue weighted by molar-refractivity contribution is 8.00. The van der Waals surface area contributed by atoms with E-state index in [-0.39, 0.29) is 0 Å². The van der Waals surface area contributed by atoms with E-state index in [9.17, 15) is 0 Å². The van der Waals surface area contributed by atoms with Crippen LogP contribution in [0.2, 0.25) is 0 Å². The van der Waals surface area contributed by atoms with E-state index in [0.717, 1.165) is 24.9 Å². The summed E-state index contributed by atoms with van der Waals surface area (Å²) in [5.74, 6) is 1.34. The second kappa shape index (κ2) is 3.78. The zero-order valence-electron chi connectivity index (χ0n) is 6.71. The molecule has 2 atom stereocenters. The molecular weight excluding hydrogens is 158 g/mol. The van der Waals surface area contributed by atoms with Gasteiger partial charge >= 0.3 is 0 Å². The number of morpholine rings is 1. The van der Waals surface area contributed by atoms with Crippen molar-refractivity contribution in [2.75, 3.05) is 25.4 Å². The Morgan fingerprint density at radius 3 is 3.09 bits per heavy atom. The van der Waals surface area contributed by atoms with Gasteiger partial charge in [0, 0.05) is 18.3 Å². The van der Waals surface area contributed by atoms with Crippen LogP contribution in [0, 0.1) is 0 Å². The number of ether oxygens (including phenoxy) is 1. The third-order valence-corrected chi connectivity index (χ3v) is 3.83. The molecule has 2 saturated heterocycles. The number of hydrogen-bond donors (Lipinski definition) is 1. The van der Waals surface area contributed by atoms with Crippen LogP contribution >= 0.6 is 11.8 Å². The highest BCUT2D eigenvalue weighted by atomic mass is 32.2. The first kappa shape index (κ1) is 7.90. The molecule has 2 fully saturated rings. The van der Waals surface area contributed by atoms with Gasteiger partial charge in [0.05, 0.1) is 12.7 Å². The molecule has 0 aromatic rings. The van der Waals surface area contributed by atoms with Crippen LogP contribution in [0.4, 0.5) is 0 Å². The van der Waals surface area contributed by atoms with Crippen LogP contribution in [0.15, 0.2) is 0 Å². The van der Waals surface area contributed by atoms with Gasteiger partial charge in [-0.25, -0.2) is 0 Å². The van der Waals surface area contributed by atoms with Crippen molar-refractivity contribution in [3.63, 3.8) is 0 Å². The summed E-state index contributed by atoms with van der Waals surface area (Å²) in [6, 6.07) is 0. The zero-order chi connectivity index (χ0) is 7.52. The van der Waals surface area contributed by atoms with Crippen LogP contribution in [0.5, 0.6) is 0 Å². The summed E-state index contributed by atoms with van der Waals surface area (Å²) in [7, 11) is 0. The van der Waals surface area contributed by atoms with Crippen molar-refractivity contribution >= 4 is 11.8 Å². The van der Waals surface area contributed by atoms with Gasteiger partial charge in [-0.1, -0.05) is 0 Å². The molecule has 3 heteroatoms. The zero-order valence-corrected chi connectivity index (χ0v) is 7.53. The fourth-order valence-corrected chi connectivity index (χ4v) is 3.08. The van der Waals surface area contributed by atoms with Crippen molar-refractivity contribution in [3.8, 4) is 0 Å². The molecule has 0 radical (unpaired) electrons. The summed E-state index contributed by atoms with van der Waals surface area (Å²) >= 11 is 2.08. The monoisotopic (exact) mass is 173 g/mol. The van der Waals surface area contributed by atoms with Gasteiger partial charge in [-0.15, -0.1) is 0 Å². The molecule has 2 rings (SSSR count). The molecule has 2 aliphatic heterocycles. The first-order valence-electron chi connectivity index (χ1n) is 4.41. The van der Waals surface area contributed by atoms with Gasteiger partial charge < -0.3 is 10.1 Å². The van der Waals surface area contributed by atoms with Crippen LogP contribution in [0.1, 0.15) is 12.8 Å². The van der Waals surface area contributed by atoms with E-state index in [0.29, 0.717) is 6.10 Å². The highest BCUT2D eigenvalue weighted by Crippen LogP contribution is 2.30. The predicted molar refractivity (Wildman–Crippen MR) is 48.1 cm³/mol. The molecule has 64 valence electrons. The van der Waals surface area contributed by atoms with E-state index in [2.05, 4.69) is 17.1 Å². The number of thioether (sulfide) groups is 1. The predicted octanol–water partition coefficient (Wildman–Crippen LogP) is 0.870. The van der Waals surface area contributed by atoms with Gasteiger partial charge in [0.25, 0.3) is 0 Å².